The van der Waals surface area contributed by atoms with Crippen LogP contribution in [0.1, 0.15) is 24.8 Å². The van der Waals surface area contributed by atoms with Crippen LogP contribution in [-0.4, -0.2) is 50.8 Å². The highest BCUT2D eigenvalue weighted by Gasteiger charge is 2.24. The molecule has 3 N–H and O–H groups in total. The largest absolute Gasteiger partial charge is 0.383 e. The summed E-state index contributed by atoms with van der Waals surface area (Å²) in [6.45, 7) is 2.31. The van der Waals surface area contributed by atoms with Gasteiger partial charge in [-0.25, -0.2) is 0 Å². The van der Waals surface area contributed by atoms with Crippen LogP contribution >= 0.6 is 35.7 Å². The Kier molecular flexibility index (Phi) is 11.3. The minimum absolute atomic E-state index is 0. The van der Waals surface area contributed by atoms with E-state index in [0.717, 1.165) is 30.0 Å². The second kappa shape index (κ2) is 12.6. The van der Waals surface area contributed by atoms with E-state index in [2.05, 4.69) is 51.5 Å². The van der Waals surface area contributed by atoms with E-state index < -0.39 is 0 Å². The fraction of sp³-hybridized carbons (Fsp3) is 0.611. The molecule has 2 rings (SSSR count). The predicted molar refractivity (Wildman–Crippen MR) is 120 cm³/mol. The van der Waals surface area contributed by atoms with Gasteiger partial charge in [-0.1, -0.05) is 12.1 Å². The van der Waals surface area contributed by atoms with Crippen LogP contribution in [0.15, 0.2) is 29.3 Å². The van der Waals surface area contributed by atoms with E-state index in [1.807, 2.05) is 18.8 Å². The van der Waals surface area contributed by atoms with E-state index in [1.54, 1.807) is 7.11 Å². The Balaban J connectivity index is 0.00000312. The van der Waals surface area contributed by atoms with Crippen LogP contribution in [0.5, 0.6) is 0 Å². The van der Waals surface area contributed by atoms with Crippen LogP contribution in [0, 0.1) is 0 Å². The minimum atomic E-state index is 0. The monoisotopic (exact) mass is 478 g/mol. The summed E-state index contributed by atoms with van der Waals surface area (Å²) in [5.74, 6) is 0.893. The molecule has 0 heterocycles. The number of nitrogens with one attached hydrogen (secondary N) is 3. The molecule has 25 heavy (non-hydrogen) atoms. The number of aliphatic imine (C=N–C) groups is 1. The number of halogens is 1. The zero-order valence-corrected chi connectivity index (χ0v) is 18.5. The molecule has 0 radical (unpaired) electrons. The minimum Gasteiger partial charge on any atom is -0.383 e. The van der Waals surface area contributed by atoms with Crippen molar-refractivity contribution in [2.75, 3.05) is 38.9 Å². The maximum Gasteiger partial charge on any atom is 0.191 e. The Labute approximate surface area is 173 Å². The summed E-state index contributed by atoms with van der Waals surface area (Å²) >= 11 is 1.98. The van der Waals surface area contributed by atoms with Crippen molar-refractivity contribution in [3.8, 4) is 0 Å². The van der Waals surface area contributed by atoms with Gasteiger partial charge in [0.05, 0.1) is 6.61 Å². The lowest BCUT2D eigenvalue weighted by molar-refractivity contribution is 0.211. The number of hydrogen-bond acceptors (Lipinski definition) is 4. The topological polar surface area (TPSA) is 57.7 Å². The van der Waals surface area contributed by atoms with Crippen molar-refractivity contribution in [1.29, 1.82) is 0 Å². The molecule has 0 bridgehead atoms. The standard InChI is InChI=1S/C18H30N4OS.HI/c1-19-18(22-16-8-9-17(12-16)24-3)21-13-14-4-6-15(7-5-14)20-10-11-23-2;/h4-7,16-17,20H,8-13H2,1-3H3,(H2,19,21,22);1H. The molecule has 2 atom stereocenters. The van der Waals surface area contributed by atoms with Crippen molar-refractivity contribution in [1.82, 2.24) is 10.6 Å². The Morgan fingerprint density at radius 3 is 2.64 bits per heavy atom. The van der Waals surface area contributed by atoms with Gasteiger partial charge in [0.1, 0.15) is 0 Å². The fourth-order valence-electron chi connectivity index (χ4n) is 2.90. The van der Waals surface area contributed by atoms with Crippen LogP contribution in [0.25, 0.3) is 0 Å². The zero-order valence-electron chi connectivity index (χ0n) is 15.4. The Hall–Kier alpha value is -0.670. The molecule has 0 spiro atoms. The van der Waals surface area contributed by atoms with E-state index >= 15 is 0 Å². The smallest absolute Gasteiger partial charge is 0.191 e. The molecular weight excluding hydrogens is 447 g/mol. The first-order valence-electron chi connectivity index (χ1n) is 8.57. The van der Waals surface area contributed by atoms with E-state index in [1.165, 1.54) is 24.8 Å². The molecular formula is C18H31IN4OS. The van der Waals surface area contributed by atoms with Gasteiger partial charge in [-0.3, -0.25) is 4.99 Å². The van der Waals surface area contributed by atoms with Crippen LogP contribution in [0.3, 0.4) is 0 Å². The summed E-state index contributed by atoms with van der Waals surface area (Å²) < 4.78 is 5.04. The molecule has 7 heteroatoms. The lowest BCUT2D eigenvalue weighted by Crippen LogP contribution is -2.42. The molecule has 0 aromatic heterocycles. The first-order valence-corrected chi connectivity index (χ1v) is 9.85. The maximum absolute atomic E-state index is 5.04. The maximum atomic E-state index is 5.04. The van der Waals surface area contributed by atoms with Gasteiger partial charge in [0.15, 0.2) is 5.96 Å². The van der Waals surface area contributed by atoms with Crippen molar-refractivity contribution >= 4 is 47.4 Å². The van der Waals surface area contributed by atoms with Crippen LogP contribution in [0.4, 0.5) is 5.69 Å². The van der Waals surface area contributed by atoms with Gasteiger partial charge >= 0.3 is 0 Å². The van der Waals surface area contributed by atoms with Gasteiger partial charge in [0, 0.05) is 44.2 Å². The summed E-state index contributed by atoms with van der Waals surface area (Å²) in [4.78, 5) is 4.35. The molecule has 1 fully saturated rings. The molecule has 1 aliphatic rings. The molecule has 1 aromatic carbocycles. The summed E-state index contributed by atoms with van der Waals surface area (Å²) in [6, 6.07) is 9.01. The van der Waals surface area contributed by atoms with Crippen molar-refractivity contribution < 1.29 is 4.74 Å². The molecule has 0 aliphatic heterocycles. The van der Waals surface area contributed by atoms with Crippen LogP contribution < -0.4 is 16.0 Å². The summed E-state index contributed by atoms with van der Waals surface area (Å²) in [5.41, 5.74) is 2.36. The lowest BCUT2D eigenvalue weighted by Gasteiger charge is -2.17. The number of thioether (sulfide) groups is 1. The van der Waals surface area contributed by atoms with E-state index in [4.69, 9.17) is 4.74 Å². The number of hydrogen-bond donors (Lipinski definition) is 3. The SMILES string of the molecule is CN=C(NCc1ccc(NCCOC)cc1)NC1CCC(SC)C1.I. The van der Waals surface area contributed by atoms with Gasteiger partial charge in [-0.2, -0.15) is 11.8 Å². The fourth-order valence-corrected chi connectivity index (χ4v) is 3.69. The van der Waals surface area contributed by atoms with Gasteiger partial charge < -0.3 is 20.7 Å². The summed E-state index contributed by atoms with van der Waals surface area (Å²) in [5, 5.41) is 11.1. The van der Waals surface area contributed by atoms with Crippen molar-refractivity contribution in [2.24, 2.45) is 4.99 Å². The van der Waals surface area contributed by atoms with Crippen LogP contribution in [0.2, 0.25) is 0 Å². The number of benzene rings is 1. The highest BCUT2D eigenvalue weighted by Crippen LogP contribution is 2.28. The number of rotatable bonds is 8. The van der Waals surface area contributed by atoms with Crippen molar-refractivity contribution in [3.63, 3.8) is 0 Å². The van der Waals surface area contributed by atoms with E-state index in [0.29, 0.717) is 12.6 Å². The Bertz CT molecular complexity index is 512. The first-order chi connectivity index (χ1) is 11.7. The van der Waals surface area contributed by atoms with Gasteiger partial charge in [-0.15, -0.1) is 24.0 Å². The molecule has 0 amide bonds. The number of ether oxygens (including phenoxy) is 1. The van der Waals surface area contributed by atoms with Gasteiger partial charge in [-0.05, 0) is 43.2 Å². The normalized spacial score (nSPS) is 20.0. The second-order valence-electron chi connectivity index (χ2n) is 6.05. The first kappa shape index (κ1) is 22.4. The average molecular weight is 478 g/mol. The molecule has 1 saturated carbocycles. The average Bonchev–Trinajstić information content (AvgIpc) is 3.07. The highest BCUT2D eigenvalue weighted by atomic mass is 127. The second-order valence-corrected chi connectivity index (χ2v) is 7.19. The molecule has 0 saturated heterocycles. The Morgan fingerprint density at radius 2 is 2.04 bits per heavy atom. The van der Waals surface area contributed by atoms with Crippen molar-refractivity contribution in [3.05, 3.63) is 29.8 Å². The quantitative estimate of drug-likeness (QED) is 0.232. The number of guanidine groups is 1. The molecule has 1 aromatic rings. The highest BCUT2D eigenvalue weighted by molar-refractivity contribution is 14.0. The van der Waals surface area contributed by atoms with Gasteiger partial charge in [0.25, 0.3) is 0 Å². The van der Waals surface area contributed by atoms with Crippen LogP contribution in [-0.2, 0) is 11.3 Å². The van der Waals surface area contributed by atoms with Gasteiger partial charge in [0.2, 0.25) is 0 Å². The molecule has 1 aliphatic carbocycles. The third kappa shape index (κ3) is 8.04. The van der Waals surface area contributed by atoms with Crippen molar-refractivity contribution in [2.45, 2.75) is 37.1 Å². The third-order valence-electron chi connectivity index (χ3n) is 4.33. The third-order valence-corrected chi connectivity index (χ3v) is 5.43. The number of methoxy groups -OCH3 is 1. The lowest BCUT2D eigenvalue weighted by atomic mass is 10.2. The molecule has 5 nitrogen and oxygen atoms in total. The zero-order chi connectivity index (χ0) is 17.2. The predicted octanol–water partition coefficient (Wildman–Crippen LogP) is 3.31. The number of nitrogens with zero attached hydrogens (tertiary/aromatic N) is 1. The molecule has 2 unspecified atom stereocenters. The summed E-state index contributed by atoms with van der Waals surface area (Å²) in [6.07, 6.45) is 5.96. The number of anilines is 1. The summed E-state index contributed by atoms with van der Waals surface area (Å²) in [7, 11) is 3.54. The van der Waals surface area contributed by atoms with E-state index in [-0.39, 0.29) is 24.0 Å². The van der Waals surface area contributed by atoms with E-state index in [9.17, 15) is 0 Å². The molecule has 142 valence electrons. The Morgan fingerprint density at radius 1 is 1.28 bits per heavy atom.